The highest BCUT2D eigenvalue weighted by atomic mass is 32.1. The van der Waals surface area contributed by atoms with Gasteiger partial charge in [-0.25, -0.2) is 4.98 Å². The van der Waals surface area contributed by atoms with Crippen molar-refractivity contribution in [3.05, 3.63) is 40.6 Å². The Morgan fingerprint density at radius 2 is 2.17 bits per heavy atom. The Kier molecular flexibility index (Phi) is 4.59. The fourth-order valence-corrected chi connectivity index (χ4v) is 3.60. The fraction of sp³-hybridized carbons (Fsp3) is 0.533. The maximum atomic E-state index is 4.19. The molecule has 2 heterocycles. The van der Waals surface area contributed by atoms with E-state index in [9.17, 15) is 0 Å². The molecular formula is C15H22N2S. The lowest BCUT2D eigenvalue weighted by Crippen LogP contribution is -2.25. The molecule has 1 aliphatic carbocycles. The third-order valence-electron chi connectivity index (χ3n) is 3.61. The van der Waals surface area contributed by atoms with Gasteiger partial charge in [0.1, 0.15) is 0 Å². The van der Waals surface area contributed by atoms with Crippen molar-refractivity contribution in [2.24, 2.45) is 5.92 Å². The summed E-state index contributed by atoms with van der Waals surface area (Å²) in [6, 6.07) is 2.75. The summed E-state index contributed by atoms with van der Waals surface area (Å²) in [6.45, 7) is 6.22. The third-order valence-corrected chi connectivity index (χ3v) is 4.70. The molecule has 0 bridgehead atoms. The standard InChI is InChI=1S/C13H16N2S.C2H6/c1-10-5-8-16-13(10)12(11-3-2-4-11)15-7-6-14-9-15;1-2/h5-9,11-12H,2-4H2,1H3;1-2H3. The van der Waals surface area contributed by atoms with Gasteiger partial charge in [-0.2, -0.15) is 0 Å². The molecule has 2 aromatic rings. The monoisotopic (exact) mass is 262 g/mol. The van der Waals surface area contributed by atoms with E-state index in [1.165, 1.54) is 29.7 Å². The maximum absolute atomic E-state index is 4.19. The van der Waals surface area contributed by atoms with Crippen LogP contribution >= 0.6 is 11.3 Å². The van der Waals surface area contributed by atoms with E-state index in [0.29, 0.717) is 6.04 Å². The second-order valence-corrected chi connectivity index (χ2v) is 5.56. The molecule has 1 saturated carbocycles. The molecule has 0 spiro atoms. The predicted molar refractivity (Wildman–Crippen MR) is 78.1 cm³/mol. The Balaban J connectivity index is 0.000000574. The Hall–Kier alpha value is -1.09. The van der Waals surface area contributed by atoms with Gasteiger partial charge in [-0.1, -0.05) is 20.3 Å². The van der Waals surface area contributed by atoms with E-state index in [1.807, 2.05) is 37.7 Å². The molecule has 2 aromatic heterocycles. The van der Waals surface area contributed by atoms with Crippen LogP contribution in [-0.4, -0.2) is 9.55 Å². The highest BCUT2D eigenvalue weighted by molar-refractivity contribution is 7.10. The van der Waals surface area contributed by atoms with E-state index in [0.717, 1.165) is 5.92 Å². The van der Waals surface area contributed by atoms with Crippen LogP contribution in [0.15, 0.2) is 30.2 Å². The molecule has 0 radical (unpaired) electrons. The Bertz CT molecular complexity index is 455. The lowest BCUT2D eigenvalue weighted by molar-refractivity contribution is 0.239. The minimum Gasteiger partial charge on any atom is -0.329 e. The first-order valence-corrected chi connectivity index (χ1v) is 7.75. The largest absolute Gasteiger partial charge is 0.329 e. The minimum atomic E-state index is 0.524. The van der Waals surface area contributed by atoms with Crippen LogP contribution in [0.3, 0.4) is 0 Å². The van der Waals surface area contributed by atoms with Gasteiger partial charge in [0.15, 0.2) is 0 Å². The van der Waals surface area contributed by atoms with Crippen LogP contribution in [-0.2, 0) is 0 Å². The van der Waals surface area contributed by atoms with Gasteiger partial charge < -0.3 is 4.57 Å². The van der Waals surface area contributed by atoms with Gasteiger partial charge in [-0.05, 0) is 42.7 Å². The molecule has 1 unspecified atom stereocenters. The van der Waals surface area contributed by atoms with Crippen LogP contribution in [0.5, 0.6) is 0 Å². The van der Waals surface area contributed by atoms with E-state index < -0.39 is 0 Å². The van der Waals surface area contributed by atoms with E-state index in [4.69, 9.17) is 0 Å². The van der Waals surface area contributed by atoms with E-state index in [1.54, 1.807) is 0 Å². The van der Waals surface area contributed by atoms with Crippen LogP contribution in [0.1, 0.15) is 49.6 Å². The number of aromatic nitrogens is 2. The van der Waals surface area contributed by atoms with Gasteiger partial charge in [0.25, 0.3) is 0 Å². The second-order valence-electron chi connectivity index (χ2n) is 4.61. The summed E-state index contributed by atoms with van der Waals surface area (Å²) in [5.74, 6) is 0.812. The van der Waals surface area contributed by atoms with Crippen molar-refractivity contribution in [3.63, 3.8) is 0 Å². The van der Waals surface area contributed by atoms with Crippen LogP contribution < -0.4 is 0 Å². The van der Waals surface area contributed by atoms with Gasteiger partial charge in [0, 0.05) is 17.3 Å². The lowest BCUT2D eigenvalue weighted by Gasteiger charge is -2.34. The normalized spacial score (nSPS) is 16.6. The van der Waals surface area contributed by atoms with E-state index >= 15 is 0 Å². The first-order chi connectivity index (χ1) is 8.86. The zero-order chi connectivity index (χ0) is 13.0. The van der Waals surface area contributed by atoms with Crippen molar-refractivity contribution in [1.29, 1.82) is 0 Å². The summed E-state index contributed by atoms with van der Waals surface area (Å²) >= 11 is 1.88. The summed E-state index contributed by atoms with van der Waals surface area (Å²) < 4.78 is 2.28. The molecule has 0 N–H and O–H groups in total. The molecule has 2 nitrogen and oxygen atoms in total. The van der Waals surface area contributed by atoms with Gasteiger partial charge in [0.05, 0.1) is 12.4 Å². The molecule has 0 aliphatic heterocycles. The minimum absolute atomic E-state index is 0.524. The maximum Gasteiger partial charge on any atom is 0.0952 e. The number of rotatable bonds is 3. The summed E-state index contributed by atoms with van der Waals surface area (Å²) in [5.41, 5.74) is 1.43. The van der Waals surface area contributed by atoms with Crippen molar-refractivity contribution >= 4 is 11.3 Å². The molecule has 18 heavy (non-hydrogen) atoms. The number of nitrogens with zero attached hydrogens (tertiary/aromatic N) is 2. The van der Waals surface area contributed by atoms with Gasteiger partial charge in [0.2, 0.25) is 0 Å². The zero-order valence-electron chi connectivity index (χ0n) is 11.5. The van der Waals surface area contributed by atoms with Crippen LogP contribution in [0.4, 0.5) is 0 Å². The molecule has 1 atom stereocenters. The number of thiophene rings is 1. The van der Waals surface area contributed by atoms with Crippen LogP contribution in [0.2, 0.25) is 0 Å². The van der Waals surface area contributed by atoms with E-state index in [-0.39, 0.29) is 0 Å². The molecular weight excluding hydrogens is 240 g/mol. The van der Waals surface area contributed by atoms with Gasteiger partial charge in [-0.3, -0.25) is 0 Å². The topological polar surface area (TPSA) is 17.8 Å². The number of imidazole rings is 1. The molecule has 3 rings (SSSR count). The molecule has 1 aliphatic rings. The van der Waals surface area contributed by atoms with Crippen molar-refractivity contribution in [3.8, 4) is 0 Å². The van der Waals surface area contributed by atoms with Crippen molar-refractivity contribution in [2.75, 3.05) is 0 Å². The molecule has 1 fully saturated rings. The Labute approximate surface area is 114 Å². The summed E-state index contributed by atoms with van der Waals surface area (Å²) in [5, 5.41) is 2.20. The van der Waals surface area contributed by atoms with Gasteiger partial charge >= 0.3 is 0 Å². The number of aryl methyl sites for hydroxylation is 1. The smallest absolute Gasteiger partial charge is 0.0952 e. The average molecular weight is 262 g/mol. The van der Waals surface area contributed by atoms with Crippen molar-refractivity contribution in [2.45, 2.75) is 46.1 Å². The first kappa shape index (κ1) is 13.3. The lowest BCUT2D eigenvalue weighted by atomic mass is 9.78. The number of hydrogen-bond donors (Lipinski definition) is 0. The molecule has 3 heteroatoms. The first-order valence-electron chi connectivity index (χ1n) is 6.87. The quantitative estimate of drug-likeness (QED) is 0.786. The third kappa shape index (κ3) is 2.51. The van der Waals surface area contributed by atoms with Crippen molar-refractivity contribution < 1.29 is 0 Å². The van der Waals surface area contributed by atoms with Crippen LogP contribution in [0, 0.1) is 12.8 Å². The SMILES string of the molecule is CC.Cc1ccsc1C(C1CCC1)n1ccnc1. The summed E-state index contributed by atoms with van der Waals surface area (Å²) in [7, 11) is 0. The fourth-order valence-electron chi connectivity index (χ4n) is 2.47. The summed E-state index contributed by atoms with van der Waals surface area (Å²) in [6.07, 6.45) is 10.1. The zero-order valence-corrected chi connectivity index (χ0v) is 12.3. The van der Waals surface area contributed by atoms with E-state index in [2.05, 4.69) is 34.1 Å². The highest BCUT2D eigenvalue weighted by Crippen LogP contribution is 2.42. The van der Waals surface area contributed by atoms with Gasteiger partial charge in [-0.15, -0.1) is 11.3 Å². The summed E-state index contributed by atoms with van der Waals surface area (Å²) in [4.78, 5) is 5.71. The van der Waals surface area contributed by atoms with Crippen LogP contribution in [0.25, 0.3) is 0 Å². The van der Waals surface area contributed by atoms with Crippen molar-refractivity contribution in [1.82, 2.24) is 9.55 Å². The molecule has 98 valence electrons. The predicted octanol–water partition coefficient (Wildman–Crippen LogP) is 4.67. The number of hydrogen-bond acceptors (Lipinski definition) is 2. The highest BCUT2D eigenvalue weighted by Gasteiger charge is 2.31. The molecule has 0 aromatic carbocycles. The second kappa shape index (κ2) is 6.19. The molecule has 0 saturated heterocycles. The Morgan fingerprint density at radius 1 is 1.39 bits per heavy atom. The Morgan fingerprint density at radius 3 is 2.61 bits per heavy atom. The molecule has 0 amide bonds. The average Bonchev–Trinajstić information content (AvgIpc) is 2.97.